The highest BCUT2D eigenvalue weighted by atomic mass is 16.5. The topological polar surface area (TPSA) is 81.4 Å². The van der Waals surface area contributed by atoms with Crippen LogP contribution in [0.3, 0.4) is 0 Å². The highest BCUT2D eigenvalue weighted by Crippen LogP contribution is 2.17. The summed E-state index contributed by atoms with van der Waals surface area (Å²) >= 11 is 0. The molecule has 0 atom stereocenters. The Morgan fingerprint density at radius 1 is 1.30 bits per heavy atom. The van der Waals surface area contributed by atoms with Crippen LogP contribution < -0.4 is 5.32 Å². The van der Waals surface area contributed by atoms with Crippen molar-refractivity contribution in [1.29, 1.82) is 0 Å². The van der Waals surface area contributed by atoms with E-state index in [0.717, 1.165) is 0 Å². The predicted octanol–water partition coefficient (Wildman–Crippen LogP) is 3.36. The number of carbonyl (C=O) groups excluding carboxylic acids is 2. The van der Waals surface area contributed by atoms with Crippen LogP contribution in [0, 0.1) is 19.8 Å². The predicted molar refractivity (Wildman–Crippen MR) is 85.5 cm³/mol. The summed E-state index contributed by atoms with van der Waals surface area (Å²) in [4.78, 5) is 24.2. The maximum Gasteiger partial charge on any atom is 0.338 e. The van der Waals surface area contributed by atoms with Crippen LogP contribution in [0.15, 0.2) is 28.8 Å². The molecule has 0 spiro atoms. The lowest BCUT2D eigenvalue weighted by atomic mass is 10.1. The minimum absolute atomic E-state index is 0.265. The molecule has 1 aromatic carbocycles. The highest BCUT2D eigenvalue weighted by molar-refractivity contribution is 6.06. The second-order valence-corrected chi connectivity index (χ2v) is 5.73. The summed E-state index contributed by atoms with van der Waals surface area (Å²) in [6.45, 7) is 7.66. The van der Waals surface area contributed by atoms with Crippen molar-refractivity contribution in [2.45, 2.75) is 27.7 Å². The van der Waals surface area contributed by atoms with E-state index >= 15 is 0 Å². The van der Waals surface area contributed by atoms with Gasteiger partial charge in [-0.3, -0.25) is 4.79 Å². The van der Waals surface area contributed by atoms with Crippen LogP contribution in [-0.2, 0) is 4.74 Å². The molecule has 0 aliphatic rings. The summed E-state index contributed by atoms with van der Waals surface area (Å²) in [5.41, 5.74) is 1.82. The standard InChI is InChI=1S/C17H20N2O4/c1-10(2)9-22-17(21)13-6-5-7-14(8-13)18-16(20)15-11(3)19-23-12(15)4/h5-8,10H,9H2,1-4H3,(H,18,20). The van der Waals surface area contributed by atoms with Crippen LogP contribution in [0.5, 0.6) is 0 Å². The lowest BCUT2D eigenvalue weighted by Crippen LogP contribution is -2.14. The Labute approximate surface area is 134 Å². The number of benzene rings is 1. The van der Waals surface area contributed by atoms with Gasteiger partial charge in [-0.2, -0.15) is 0 Å². The quantitative estimate of drug-likeness (QED) is 0.855. The monoisotopic (exact) mass is 316 g/mol. The van der Waals surface area contributed by atoms with Crippen molar-refractivity contribution in [2.75, 3.05) is 11.9 Å². The van der Waals surface area contributed by atoms with Gasteiger partial charge in [-0.15, -0.1) is 0 Å². The summed E-state index contributed by atoms with van der Waals surface area (Å²) in [6, 6.07) is 6.62. The summed E-state index contributed by atoms with van der Waals surface area (Å²) in [7, 11) is 0. The zero-order chi connectivity index (χ0) is 17.0. The second-order valence-electron chi connectivity index (χ2n) is 5.73. The van der Waals surface area contributed by atoms with Gasteiger partial charge in [0.2, 0.25) is 0 Å². The molecule has 1 N–H and O–H groups in total. The lowest BCUT2D eigenvalue weighted by molar-refractivity contribution is 0.0459. The number of aromatic nitrogens is 1. The van der Waals surface area contributed by atoms with Gasteiger partial charge in [0.1, 0.15) is 11.3 Å². The van der Waals surface area contributed by atoms with E-state index in [1.54, 1.807) is 38.1 Å². The van der Waals surface area contributed by atoms with Crippen LogP contribution in [-0.4, -0.2) is 23.6 Å². The maximum absolute atomic E-state index is 12.3. The number of rotatable bonds is 5. The number of nitrogens with one attached hydrogen (secondary N) is 1. The zero-order valence-corrected chi connectivity index (χ0v) is 13.7. The number of nitrogens with zero attached hydrogens (tertiary/aromatic N) is 1. The first kappa shape index (κ1) is 16.7. The van der Waals surface area contributed by atoms with Crippen molar-refractivity contribution in [3.05, 3.63) is 46.8 Å². The minimum atomic E-state index is -0.410. The van der Waals surface area contributed by atoms with Gasteiger partial charge in [-0.1, -0.05) is 25.1 Å². The van der Waals surface area contributed by atoms with Crippen LogP contribution >= 0.6 is 0 Å². The van der Waals surface area contributed by atoms with Gasteiger partial charge in [0.25, 0.3) is 5.91 Å². The van der Waals surface area contributed by atoms with E-state index < -0.39 is 5.97 Å². The third kappa shape index (κ3) is 4.18. The fraction of sp³-hybridized carbons (Fsp3) is 0.353. The molecule has 0 fully saturated rings. The normalized spacial score (nSPS) is 10.7. The molecule has 2 aromatic rings. The number of aryl methyl sites for hydroxylation is 2. The molecule has 23 heavy (non-hydrogen) atoms. The van der Waals surface area contributed by atoms with Crippen LogP contribution in [0.2, 0.25) is 0 Å². The van der Waals surface area contributed by atoms with Crippen molar-refractivity contribution in [2.24, 2.45) is 5.92 Å². The first-order valence-electron chi connectivity index (χ1n) is 7.40. The molecule has 0 aliphatic heterocycles. The maximum atomic E-state index is 12.3. The molecule has 0 bridgehead atoms. The van der Waals surface area contributed by atoms with E-state index in [1.807, 2.05) is 13.8 Å². The third-order valence-electron chi connectivity index (χ3n) is 3.16. The summed E-state index contributed by atoms with van der Waals surface area (Å²) < 4.78 is 10.2. The Hall–Kier alpha value is -2.63. The van der Waals surface area contributed by atoms with Gasteiger partial charge in [0.05, 0.1) is 17.9 Å². The molecule has 1 amide bonds. The van der Waals surface area contributed by atoms with Gasteiger partial charge in [0, 0.05) is 5.69 Å². The molecule has 0 unspecified atom stereocenters. The molecule has 0 radical (unpaired) electrons. The Balaban J connectivity index is 2.11. The van der Waals surface area contributed by atoms with E-state index in [2.05, 4.69) is 10.5 Å². The van der Waals surface area contributed by atoms with Gasteiger partial charge >= 0.3 is 5.97 Å². The third-order valence-corrected chi connectivity index (χ3v) is 3.16. The molecule has 2 rings (SSSR count). The fourth-order valence-electron chi connectivity index (χ4n) is 2.05. The second kappa shape index (κ2) is 7.09. The number of carbonyl (C=O) groups is 2. The van der Waals surface area contributed by atoms with Gasteiger partial charge in [0.15, 0.2) is 0 Å². The SMILES string of the molecule is Cc1noc(C)c1C(=O)Nc1cccc(C(=O)OCC(C)C)c1. The fourth-order valence-corrected chi connectivity index (χ4v) is 2.05. The van der Waals surface area contributed by atoms with Gasteiger partial charge in [-0.05, 0) is 38.0 Å². The average Bonchev–Trinajstić information content (AvgIpc) is 2.84. The van der Waals surface area contributed by atoms with E-state index in [4.69, 9.17) is 9.26 Å². The Morgan fingerprint density at radius 2 is 2.04 bits per heavy atom. The Bertz CT molecular complexity index is 700. The number of esters is 1. The molecule has 1 heterocycles. The zero-order valence-electron chi connectivity index (χ0n) is 13.7. The first-order valence-corrected chi connectivity index (χ1v) is 7.40. The van der Waals surface area contributed by atoms with Crippen LogP contribution in [0.4, 0.5) is 5.69 Å². The van der Waals surface area contributed by atoms with E-state index in [0.29, 0.717) is 34.9 Å². The van der Waals surface area contributed by atoms with E-state index in [9.17, 15) is 9.59 Å². The molecular formula is C17H20N2O4. The van der Waals surface area contributed by atoms with Crippen molar-refractivity contribution in [3.8, 4) is 0 Å². The summed E-state index contributed by atoms with van der Waals surface area (Å²) in [6.07, 6.45) is 0. The summed E-state index contributed by atoms with van der Waals surface area (Å²) in [5.74, 6) is -0.0186. The number of amides is 1. The molecule has 0 aliphatic carbocycles. The van der Waals surface area contributed by atoms with E-state index in [1.165, 1.54) is 0 Å². The number of hydrogen-bond acceptors (Lipinski definition) is 5. The Kier molecular flexibility index (Phi) is 5.16. The molecule has 6 heteroatoms. The Morgan fingerprint density at radius 3 is 2.65 bits per heavy atom. The highest BCUT2D eigenvalue weighted by Gasteiger charge is 2.18. The molecule has 0 saturated heterocycles. The van der Waals surface area contributed by atoms with Gasteiger partial charge in [-0.25, -0.2) is 4.79 Å². The lowest BCUT2D eigenvalue weighted by Gasteiger charge is -2.09. The molecule has 0 saturated carbocycles. The van der Waals surface area contributed by atoms with Crippen LogP contribution in [0.1, 0.15) is 46.0 Å². The molecule has 6 nitrogen and oxygen atoms in total. The minimum Gasteiger partial charge on any atom is -0.462 e. The summed E-state index contributed by atoms with van der Waals surface area (Å²) in [5, 5.41) is 6.49. The van der Waals surface area contributed by atoms with Crippen molar-refractivity contribution < 1.29 is 18.8 Å². The van der Waals surface area contributed by atoms with E-state index in [-0.39, 0.29) is 11.8 Å². The van der Waals surface area contributed by atoms with Crippen molar-refractivity contribution in [1.82, 2.24) is 5.16 Å². The molecule has 122 valence electrons. The van der Waals surface area contributed by atoms with Crippen molar-refractivity contribution in [3.63, 3.8) is 0 Å². The van der Waals surface area contributed by atoms with Crippen molar-refractivity contribution >= 4 is 17.6 Å². The smallest absolute Gasteiger partial charge is 0.338 e. The average molecular weight is 316 g/mol. The number of anilines is 1. The largest absolute Gasteiger partial charge is 0.462 e. The first-order chi connectivity index (χ1) is 10.9. The number of ether oxygens (including phenoxy) is 1. The molecule has 1 aromatic heterocycles. The number of hydrogen-bond donors (Lipinski definition) is 1. The molecular weight excluding hydrogens is 296 g/mol. The van der Waals surface area contributed by atoms with Gasteiger partial charge < -0.3 is 14.6 Å². The van der Waals surface area contributed by atoms with Crippen LogP contribution in [0.25, 0.3) is 0 Å².